The Labute approximate surface area is 101 Å². The van der Waals surface area contributed by atoms with E-state index in [1.807, 2.05) is 16.8 Å². The molecule has 4 nitrogen and oxygen atoms in total. The molecule has 4 heteroatoms. The molecule has 0 bridgehead atoms. The molecule has 2 rings (SSSR count). The number of benzene rings is 1. The Kier molecular flexibility index (Phi) is 3.77. The predicted octanol–water partition coefficient (Wildman–Crippen LogP) is 2.45. The van der Waals surface area contributed by atoms with Gasteiger partial charge in [0.25, 0.3) is 0 Å². The van der Waals surface area contributed by atoms with Gasteiger partial charge < -0.3 is 10.1 Å². The van der Waals surface area contributed by atoms with Crippen molar-refractivity contribution >= 4 is 5.95 Å². The fourth-order valence-corrected chi connectivity index (χ4v) is 1.76. The molecule has 0 aliphatic carbocycles. The standard InChI is InChI=1S/C13H17N3O/c1-3-14-13-15-7-8-16(13)12-6-4-5-11(9-12)10-17-2/h4-9H,3,10H2,1-2H3,(H,14,15). The first kappa shape index (κ1) is 11.7. The lowest BCUT2D eigenvalue weighted by Crippen LogP contribution is -2.05. The van der Waals surface area contributed by atoms with E-state index >= 15 is 0 Å². The molecule has 0 saturated carbocycles. The number of hydrogen-bond donors (Lipinski definition) is 1. The second-order valence-corrected chi connectivity index (χ2v) is 3.75. The van der Waals surface area contributed by atoms with Crippen LogP contribution >= 0.6 is 0 Å². The quantitative estimate of drug-likeness (QED) is 0.859. The molecular weight excluding hydrogens is 214 g/mol. The van der Waals surface area contributed by atoms with Crippen LogP contribution in [-0.4, -0.2) is 23.2 Å². The summed E-state index contributed by atoms with van der Waals surface area (Å²) in [5, 5.41) is 3.23. The maximum atomic E-state index is 5.14. The van der Waals surface area contributed by atoms with Crippen LogP contribution in [0, 0.1) is 0 Å². The predicted molar refractivity (Wildman–Crippen MR) is 68.4 cm³/mol. The number of aromatic nitrogens is 2. The van der Waals surface area contributed by atoms with Crippen molar-refractivity contribution in [1.82, 2.24) is 9.55 Å². The summed E-state index contributed by atoms with van der Waals surface area (Å²) in [7, 11) is 1.70. The molecule has 1 N–H and O–H groups in total. The minimum Gasteiger partial charge on any atom is -0.380 e. The van der Waals surface area contributed by atoms with Crippen molar-refractivity contribution in [1.29, 1.82) is 0 Å². The molecule has 0 unspecified atom stereocenters. The van der Waals surface area contributed by atoms with Crippen LogP contribution in [-0.2, 0) is 11.3 Å². The van der Waals surface area contributed by atoms with Gasteiger partial charge in [0.15, 0.2) is 0 Å². The van der Waals surface area contributed by atoms with Gasteiger partial charge in [-0.25, -0.2) is 4.98 Å². The molecule has 1 aromatic heterocycles. The summed E-state index contributed by atoms with van der Waals surface area (Å²) < 4.78 is 7.17. The van der Waals surface area contributed by atoms with Crippen LogP contribution in [0.4, 0.5) is 5.95 Å². The van der Waals surface area contributed by atoms with Crippen molar-refractivity contribution in [3.63, 3.8) is 0 Å². The smallest absolute Gasteiger partial charge is 0.207 e. The van der Waals surface area contributed by atoms with Crippen LogP contribution in [0.5, 0.6) is 0 Å². The Morgan fingerprint density at radius 1 is 1.41 bits per heavy atom. The van der Waals surface area contributed by atoms with Gasteiger partial charge in [-0.05, 0) is 24.6 Å². The summed E-state index contributed by atoms with van der Waals surface area (Å²) in [6, 6.07) is 8.24. The van der Waals surface area contributed by atoms with Gasteiger partial charge in [-0.1, -0.05) is 12.1 Å². The normalized spacial score (nSPS) is 10.5. The van der Waals surface area contributed by atoms with Crippen molar-refractivity contribution in [2.45, 2.75) is 13.5 Å². The first-order valence-corrected chi connectivity index (χ1v) is 5.70. The second-order valence-electron chi connectivity index (χ2n) is 3.75. The number of imidazole rings is 1. The van der Waals surface area contributed by atoms with Crippen molar-refractivity contribution in [2.75, 3.05) is 19.0 Å². The van der Waals surface area contributed by atoms with Crippen molar-refractivity contribution in [3.8, 4) is 5.69 Å². The van der Waals surface area contributed by atoms with Gasteiger partial charge in [0.2, 0.25) is 5.95 Å². The van der Waals surface area contributed by atoms with E-state index in [-0.39, 0.29) is 0 Å². The van der Waals surface area contributed by atoms with E-state index in [4.69, 9.17) is 4.74 Å². The summed E-state index contributed by atoms with van der Waals surface area (Å²) in [5.41, 5.74) is 2.24. The van der Waals surface area contributed by atoms with Gasteiger partial charge in [-0.3, -0.25) is 4.57 Å². The van der Waals surface area contributed by atoms with Gasteiger partial charge in [-0.15, -0.1) is 0 Å². The molecule has 0 fully saturated rings. The van der Waals surface area contributed by atoms with E-state index in [0.29, 0.717) is 6.61 Å². The molecule has 1 aromatic carbocycles. The molecule has 0 radical (unpaired) electrons. The van der Waals surface area contributed by atoms with E-state index in [0.717, 1.165) is 23.7 Å². The van der Waals surface area contributed by atoms with Crippen LogP contribution in [0.25, 0.3) is 5.69 Å². The number of anilines is 1. The molecule has 1 heterocycles. The molecule has 0 amide bonds. The van der Waals surface area contributed by atoms with Crippen LogP contribution in [0.1, 0.15) is 12.5 Å². The molecule has 2 aromatic rings. The highest BCUT2D eigenvalue weighted by atomic mass is 16.5. The maximum Gasteiger partial charge on any atom is 0.207 e. The van der Waals surface area contributed by atoms with Crippen LogP contribution in [0.15, 0.2) is 36.7 Å². The number of methoxy groups -OCH3 is 1. The third-order valence-corrected chi connectivity index (χ3v) is 2.48. The summed E-state index contributed by atoms with van der Waals surface area (Å²) >= 11 is 0. The highest BCUT2D eigenvalue weighted by molar-refractivity contribution is 5.43. The Morgan fingerprint density at radius 2 is 2.29 bits per heavy atom. The molecule has 0 spiro atoms. The largest absolute Gasteiger partial charge is 0.380 e. The molecule has 0 aliphatic rings. The Bertz CT molecular complexity index is 479. The summed E-state index contributed by atoms with van der Waals surface area (Å²) in [5.74, 6) is 0.863. The van der Waals surface area contributed by atoms with E-state index in [1.165, 1.54) is 0 Å². The molecule has 17 heavy (non-hydrogen) atoms. The summed E-state index contributed by atoms with van der Waals surface area (Å²) in [6.45, 7) is 3.54. The van der Waals surface area contributed by atoms with Crippen LogP contribution in [0.3, 0.4) is 0 Å². The third-order valence-electron chi connectivity index (χ3n) is 2.48. The van der Waals surface area contributed by atoms with Gasteiger partial charge >= 0.3 is 0 Å². The van der Waals surface area contributed by atoms with E-state index < -0.39 is 0 Å². The van der Waals surface area contributed by atoms with Gasteiger partial charge in [0.05, 0.1) is 6.61 Å². The minimum absolute atomic E-state index is 0.624. The molecule has 0 atom stereocenters. The number of ether oxygens (including phenoxy) is 1. The number of nitrogens with one attached hydrogen (secondary N) is 1. The lowest BCUT2D eigenvalue weighted by Gasteiger charge is -2.09. The number of rotatable bonds is 5. The van der Waals surface area contributed by atoms with Gasteiger partial charge in [-0.2, -0.15) is 0 Å². The maximum absolute atomic E-state index is 5.14. The first-order valence-electron chi connectivity index (χ1n) is 5.70. The lowest BCUT2D eigenvalue weighted by molar-refractivity contribution is 0.185. The number of hydrogen-bond acceptors (Lipinski definition) is 3. The Hall–Kier alpha value is -1.81. The first-order chi connectivity index (χ1) is 8.35. The summed E-state index contributed by atoms with van der Waals surface area (Å²) in [6.07, 6.45) is 3.74. The average Bonchev–Trinajstić information content (AvgIpc) is 2.79. The lowest BCUT2D eigenvalue weighted by atomic mass is 10.2. The van der Waals surface area contributed by atoms with E-state index in [9.17, 15) is 0 Å². The van der Waals surface area contributed by atoms with Crippen LogP contribution < -0.4 is 5.32 Å². The van der Waals surface area contributed by atoms with Gasteiger partial charge in [0.1, 0.15) is 0 Å². The van der Waals surface area contributed by atoms with Gasteiger partial charge in [0, 0.05) is 31.7 Å². The van der Waals surface area contributed by atoms with Crippen molar-refractivity contribution < 1.29 is 4.74 Å². The Morgan fingerprint density at radius 3 is 3.06 bits per heavy atom. The highest BCUT2D eigenvalue weighted by Crippen LogP contribution is 2.16. The van der Waals surface area contributed by atoms with Crippen molar-refractivity contribution in [3.05, 3.63) is 42.2 Å². The van der Waals surface area contributed by atoms with E-state index in [2.05, 4.69) is 35.4 Å². The summed E-state index contributed by atoms with van der Waals surface area (Å²) in [4.78, 5) is 4.28. The van der Waals surface area contributed by atoms with Crippen LogP contribution in [0.2, 0.25) is 0 Å². The van der Waals surface area contributed by atoms with E-state index in [1.54, 1.807) is 13.3 Å². The SMILES string of the molecule is CCNc1nccn1-c1cccc(COC)c1. The average molecular weight is 231 g/mol. The van der Waals surface area contributed by atoms with Crippen molar-refractivity contribution in [2.24, 2.45) is 0 Å². The zero-order valence-electron chi connectivity index (χ0n) is 10.2. The topological polar surface area (TPSA) is 39.1 Å². The molecule has 0 saturated heterocycles. The zero-order valence-corrected chi connectivity index (χ0v) is 10.2. The fraction of sp³-hybridized carbons (Fsp3) is 0.308. The fourth-order valence-electron chi connectivity index (χ4n) is 1.76. The zero-order chi connectivity index (χ0) is 12.1. The Balaban J connectivity index is 2.31. The third kappa shape index (κ3) is 2.65. The molecule has 90 valence electrons. The molecule has 0 aliphatic heterocycles. The minimum atomic E-state index is 0.624. The monoisotopic (exact) mass is 231 g/mol. The molecular formula is C13H17N3O. The second kappa shape index (κ2) is 5.50. The number of nitrogens with zero attached hydrogens (tertiary/aromatic N) is 2. The highest BCUT2D eigenvalue weighted by Gasteiger charge is 2.04.